The van der Waals surface area contributed by atoms with Crippen LogP contribution in [-0.4, -0.2) is 32.5 Å². The third-order valence-electron chi connectivity index (χ3n) is 2.51. The van der Waals surface area contributed by atoms with Gasteiger partial charge >= 0.3 is 0 Å². The molecule has 0 aromatic rings. The molecule has 0 aliphatic carbocycles. The summed E-state index contributed by atoms with van der Waals surface area (Å²) < 4.78 is 22.4. The van der Waals surface area contributed by atoms with E-state index in [1.807, 2.05) is 0 Å². The van der Waals surface area contributed by atoms with E-state index in [-0.39, 0.29) is 17.7 Å². The maximum atomic E-state index is 11.2. The Labute approximate surface area is 72.9 Å². The summed E-state index contributed by atoms with van der Waals surface area (Å²) in [5.74, 6) is 0.842. The van der Waals surface area contributed by atoms with Crippen molar-refractivity contribution in [3.05, 3.63) is 0 Å². The molecule has 2 saturated heterocycles. The summed E-state index contributed by atoms with van der Waals surface area (Å²) in [5.41, 5.74) is 0. The molecule has 0 aromatic carbocycles. The Morgan fingerprint density at radius 3 is 2.64 bits per heavy atom. The van der Waals surface area contributed by atoms with E-state index in [0.29, 0.717) is 18.2 Å². The molecule has 0 saturated carbocycles. The van der Waals surface area contributed by atoms with E-state index < -0.39 is 9.84 Å². The average molecular weight is 198 g/mol. The van der Waals surface area contributed by atoms with Crippen LogP contribution in [0.2, 0.25) is 0 Å². The second-order valence-electron chi connectivity index (χ2n) is 3.11. The third-order valence-corrected chi connectivity index (χ3v) is 4.79. The first-order valence-corrected chi connectivity index (χ1v) is 5.34. The van der Waals surface area contributed by atoms with Crippen LogP contribution >= 0.6 is 12.4 Å². The standard InChI is InChI=1S/C6H11NO2S.ClH/c8-10(9)2-1-5-3-7-4-6(5)10;/h5-7H,1-4H2;1H/t5-,6+;/m0./s1. The number of hydrogen-bond donors (Lipinski definition) is 1. The molecule has 2 atom stereocenters. The summed E-state index contributed by atoms with van der Waals surface area (Å²) in [6.45, 7) is 1.59. The van der Waals surface area contributed by atoms with Gasteiger partial charge in [0.05, 0.1) is 11.0 Å². The van der Waals surface area contributed by atoms with Crippen LogP contribution in [0.25, 0.3) is 0 Å². The van der Waals surface area contributed by atoms with Crippen LogP contribution in [0.3, 0.4) is 0 Å². The molecule has 0 spiro atoms. The molecule has 5 heteroatoms. The Morgan fingerprint density at radius 1 is 1.27 bits per heavy atom. The zero-order chi connectivity index (χ0) is 7.19. The van der Waals surface area contributed by atoms with E-state index in [1.54, 1.807) is 0 Å². The van der Waals surface area contributed by atoms with Gasteiger partial charge in [-0.05, 0) is 18.9 Å². The van der Waals surface area contributed by atoms with E-state index in [4.69, 9.17) is 0 Å². The molecule has 0 bridgehead atoms. The maximum Gasteiger partial charge on any atom is 0.154 e. The molecule has 2 aliphatic rings. The number of rotatable bonds is 0. The summed E-state index contributed by atoms with van der Waals surface area (Å²) in [6, 6.07) is 0. The highest BCUT2D eigenvalue weighted by Crippen LogP contribution is 2.28. The number of fused-ring (bicyclic) bond motifs is 1. The van der Waals surface area contributed by atoms with Gasteiger partial charge in [-0.2, -0.15) is 0 Å². The lowest BCUT2D eigenvalue weighted by atomic mass is 10.1. The zero-order valence-corrected chi connectivity index (χ0v) is 7.75. The van der Waals surface area contributed by atoms with Crippen molar-refractivity contribution >= 4 is 22.2 Å². The van der Waals surface area contributed by atoms with Gasteiger partial charge in [0.15, 0.2) is 9.84 Å². The van der Waals surface area contributed by atoms with Gasteiger partial charge < -0.3 is 5.32 Å². The van der Waals surface area contributed by atoms with Crippen molar-refractivity contribution in [3.63, 3.8) is 0 Å². The van der Waals surface area contributed by atoms with Gasteiger partial charge in [-0.1, -0.05) is 0 Å². The molecule has 2 rings (SSSR count). The maximum absolute atomic E-state index is 11.2. The van der Waals surface area contributed by atoms with Gasteiger partial charge in [0.2, 0.25) is 0 Å². The van der Waals surface area contributed by atoms with Gasteiger partial charge in [0.25, 0.3) is 0 Å². The first kappa shape index (κ1) is 9.29. The Hall–Kier alpha value is 0.200. The summed E-state index contributed by atoms with van der Waals surface area (Å²) in [7, 11) is -2.69. The lowest BCUT2D eigenvalue weighted by Crippen LogP contribution is -2.22. The predicted molar refractivity (Wildman–Crippen MR) is 45.8 cm³/mol. The Morgan fingerprint density at radius 2 is 2.00 bits per heavy atom. The predicted octanol–water partition coefficient (Wildman–Crippen LogP) is -0.185. The fraction of sp³-hybridized carbons (Fsp3) is 1.00. The van der Waals surface area contributed by atoms with Gasteiger partial charge in [-0.3, -0.25) is 0 Å². The topological polar surface area (TPSA) is 46.2 Å². The molecule has 0 aromatic heterocycles. The zero-order valence-electron chi connectivity index (χ0n) is 6.12. The van der Waals surface area contributed by atoms with Crippen molar-refractivity contribution in [2.24, 2.45) is 5.92 Å². The number of nitrogens with one attached hydrogen (secondary N) is 1. The first-order chi connectivity index (χ1) is 4.70. The van der Waals surface area contributed by atoms with Gasteiger partial charge in [0, 0.05) is 6.54 Å². The van der Waals surface area contributed by atoms with Crippen LogP contribution in [0.1, 0.15) is 6.42 Å². The minimum Gasteiger partial charge on any atom is -0.315 e. The summed E-state index contributed by atoms with van der Waals surface area (Å²) in [4.78, 5) is 0. The highest BCUT2D eigenvalue weighted by atomic mass is 35.5. The Balaban J connectivity index is 0.000000605. The van der Waals surface area contributed by atoms with Crippen molar-refractivity contribution in [2.45, 2.75) is 11.7 Å². The van der Waals surface area contributed by atoms with E-state index in [0.717, 1.165) is 13.0 Å². The molecule has 11 heavy (non-hydrogen) atoms. The second-order valence-corrected chi connectivity index (χ2v) is 5.45. The van der Waals surface area contributed by atoms with E-state index in [9.17, 15) is 8.42 Å². The summed E-state index contributed by atoms with van der Waals surface area (Å²) >= 11 is 0. The first-order valence-electron chi connectivity index (χ1n) is 3.62. The van der Waals surface area contributed by atoms with Crippen molar-refractivity contribution in [1.29, 1.82) is 0 Å². The molecule has 2 heterocycles. The minimum absolute atomic E-state index is 0. The van der Waals surface area contributed by atoms with Crippen LogP contribution < -0.4 is 5.32 Å². The van der Waals surface area contributed by atoms with E-state index in [1.165, 1.54) is 0 Å². The number of sulfone groups is 1. The van der Waals surface area contributed by atoms with Crippen LogP contribution in [0.4, 0.5) is 0 Å². The quantitative estimate of drug-likeness (QED) is 0.586. The van der Waals surface area contributed by atoms with E-state index in [2.05, 4.69) is 5.32 Å². The molecule has 2 fully saturated rings. The fourth-order valence-electron chi connectivity index (χ4n) is 1.88. The van der Waals surface area contributed by atoms with Crippen LogP contribution in [0, 0.1) is 5.92 Å². The second kappa shape index (κ2) is 2.92. The largest absolute Gasteiger partial charge is 0.315 e. The van der Waals surface area contributed by atoms with Crippen molar-refractivity contribution < 1.29 is 8.42 Å². The lowest BCUT2D eigenvalue weighted by molar-refractivity contribution is 0.576. The molecule has 0 radical (unpaired) electrons. The monoisotopic (exact) mass is 197 g/mol. The smallest absolute Gasteiger partial charge is 0.154 e. The molecule has 1 N–H and O–H groups in total. The van der Waals surface area contributed by atoms with Crippen LogP contribution in [-0.2, 0) is 9.84 Å². The van der Waals surface area contributed by atoms with Crippen molar-refractivity contribution in [2.75, 3.05) is 18.8 Å². The summed E-state index contributed by atoms with van der Waals surface area (Å²) in [5, 5.41) is 3.05. The lowest BCUT2D eigenvalue weighted by Gasteiger charge is -2.03. The number of hydrogen-bond acceptors (Lipinski definition) is 3. The molecule has 3 nitrogen and oxygen atoms in total. The van der Waals surface area contributed by atoms with Crippen molar-refractivity contribution in [1.82, 2.24) is 5.32 Å². The molecular weight excluding hydrogens is 186 g/mol. The molecule has 2 aliphatic heterocycles. The van der Waals surface area contributed by atoms with Gasteiger partial charge in [-0.15, -0.1) is 12.4 Å². The van der Waals surface area contributed by atoms with E-state index >= 15 is 0 Å². The highest BCUT2D eigenvalue weighted by Gasteiger charge is 2.42. The number of halogens is 1. The normalized spacial score (nSPS) is 39.6. The molecule has 66 valence electrons. The van der Waals surface area contributed by atoms with Gasteiger partial charge in [0.1, 0.15) is 0 Å². The minimum atomic E-state index is -2.69. The van der Waals surface area contributed by atoms with Crippen LogP contribution in [0.5, 0.6) is 0 Å². The molecule has 0 amide bonds. The highest BCUT2D eigenvalue weighted by molar-refractivity contribution is 7.92. The SMILES string of the molecule is Cl.O=S1(=O)CC[C@H]2CNC[C@H]21. The summed E-state index contributed by atoms with van der Waals surface area (Å²) in [6.07, 6.45) is 0.875. The molecule has 0 unspecified atom stereocenters. The Bertz CT molecular complexity index is 239. The Kier molecular flexibility index (Phi) is 2.46. The molecular formula is C6H12ClNO2S. The average Bonchev–Trinajstić information content (AvgIpc) is 2.36. The van der Waals surface area contributed by atoms with Crippen molar-refractivity contribution in [3.8, 4) is 0 Å². The third kappa shape index (κ3) is 1.39. The van der Waals surface area contributed by atoms with Crippen LogP contribution in [0.15, 0.2) is 0 Å². The fourth-order valence-corrected chi connectivity index (χ4v) is 4.01. The van der Waals surface area contributed by atoms with Gasteiger partial charge in [-0.25, -0.2) is 8.42 Å².